The summed E-state index contributed by atoms with van der Waals surface area (Å²) in [5, 5.41) is 0. The van der Waals surface area contributed by atoms with Crippen molar-refractivity contribution in [1.82, 2.24) is 0 Å². The summed E-state index contributed by atoms with van der Waals surface area (Å²) < 4.78 is 22.4. The number of anilines is 1. The highest BCUT2D eigenvalue weighted by Crippen LogP contribution is 2.29. The van der Waals surface area contributed by atoms with Crippen molar-refractivity contribution in [3.63, 3.8) is 0 Å². The zero-order valence-electron chi connectivity index (χ0n) is 10.4. The van der Waals surface area contributed by atoms with E-state index < -0.39 is 15.9 Å². The van der Waals surface area contributed by atoms with Crippen LogP contribution in [0.5, 0.6) is 0 Å². The average Bonchev–Trinajstić information content (AvgIpc) is 2.52. The normalized spacial score (nSPS) is 16.8. The van der Waals surface area contributed by atoms with Gasteiger partial charge in [0.15, 0.2) is 0 Å². The molecule has 1 amide bonds. The van der Waals surface area contributed by atoms with E-state index in [2.05, 4.69) is 0 Å². The lowest BCUT2D eigenvalue weighted by Crippen LogP contribution is -2.21. The molecule has 0 saturated heterocycles. The second-order valence-corrected chi connectivity index (χ2v) is 6.90. The van der Waals surface area contributed by atoms with E-state index in [4.69, 9.17) is 5.73 Å². The number of sulfone groups is 1. The van der Waals surface area contributed by atoms with Crippen LogP contribution in [0.3, 0.4) is 0 Å². The lowest BCUT2D eigenvalue weighted by atomic mass is 10.0. The number of hydrogen-bond acceptors (Lipinski definition) is 4. The Morgan fingerprint density at radius 2 is 2.11 bits per heavy atom. The lowest BCUT2D eigenvalue weighted by Gasteiger charge is -2.14. The van der Waals surface area contributed by atoms with Gasteiger partial charge >= 0.3 is 0 Å². The first kappa shape index (κ1) is 13.0. The van der Waals surface area contributed by atoms with Crippen LogP contribution in [0, 0.1) is 0 Å². The summed E-state index contributed by atoms with van der Waals surface area (Å²) in [6.07, 6.45) is 1.52. The van der Waals surface area contributed by atoms with Crippen molar-refractivity contribution in [2.45, 2.75) is 12.5 Å². The number of carbonyl (C=O) groups excluding carboxylic acids is 1. The van der Waals surface area contributed by atoms with Gasteiger partial charge in [0.1, 0.15) is 9.84 Å². The molecule has 1 aliphatic heterocycles. The summed E-state index contributed by atoms with van der Waals surface area (Å²) in [5.41, 5.74) is 8.40. The second-order valence-electron chi connectivity index (χ2n) is 4.72. The zero-order valence-corrected chi connectivity index (χ0v) is 11.2. The predicted molar refractivity (Wildman–Crippen MR) is 70.2 cm³/mol. The number of likely N-dealkylation sites (N-methyl/N-ethyl adjacent to an activating group) is 1. The van der Waals surface area contributed by atoms with E-state index in [0.29, 0.717) is 6.42 Å². The molecule has 1 atom stereocenters. The van der Waals surface area contributed by atoms with Crippen LogP contribution in [0.1, 0.15) is 17.2 Å². The molecule has 98 valence electrons. The van der Waals surface area contributed by atoms with Crippen molar-refractivity contribution >= 4 is 21.4 Å². The minimum atomic E-state index is -3.11. The van der Waals surface area contributed by atoms with Gasteiger partial charge in [-0.2, -0.15) is 0 Å². The second kappa shape index (κ2) is 4.37. The van der Waals surface area contributed by atoms with Crippen LogP contribution in [0.2, 0.25) is 0 Å². The molecule has 0 saturated carbocycles. The summed E-state index contributed by atoms with van der Waals surface area (Å²) in [4.78, 5) is 13.1. The smallest absolute Gasteiger partial charge is 0.231 e. The molecular formula is C12H16N2O3S. The van der Waals surface area contributed by atoms with Crippen molar-refractivity contribution in [2.24, 2.45) is 5.73 Å². The number of fused-ring (bicyclic) bond motifs is 1. The summed E-state index contributed by atoms with van der Waals surface area (Å²) in [6.45, 7) is 0. The highest BCUT2D eigenvalue weighted by molar-refractivity contribution is 7.90. The van der Waals surface area contributed by atoms with Crippen LogP contribution in [-0.4, -0.2) is 33.4 Å². The van der Waals surface area contributed by atoms with Crippen molar-refractivity contribution in [3.8, 4) is 0 Å². The van der Waals surface area contributed by atoms with E-state index >= 15 is 0 Å². The Morgan fingerprint density at radius 1 is 1.44 bits per heavy atom. The van der Waals surface area contributed by atoms with Gasteiger partial charge in [0.2, 0.25) is 5.91 Å². The third kappa shape index (κ3) is 2.54. The summed E-state index contributed by atoms with van der Waals surface area (Å²) in [5.74, 6) is -0.0471. The lowest BCUT2D eigenvalue weighted by molar-refractivity contribution is -0.117. The van der Waals surface area contributed by atoms with Gasteiger partial charge in [-0.1, -0.05) is 12.1 Å². The first-order valence-electron chi connectivity index (χ1n) is 5.60. The van der Waals surface area contributed by atoms with Gasteiger partial charge in [-0.15, -0.1) is 0 Å². The fourth-order valence-electron chi connectivity index (χ4n) is 2.14. The minimum absolute atomic E-state index is 0.0406. The van der Waals surface area contributed by atoms with E-state index in [9.17, 15) is 13.2 Å². The average molecular weight is 268 g/mol. The first-order valence-corrected chi connectivity index (χ1v) is 7.66. The van der Waals surface area contributed by atoms with Gasteiger partial charge in [0.05, 0.1) is 12.2 Å². The Bertz CT molecular complexity index is 595. The Balaban J connectivity index is 2.28. The number of carbonyl (C=O) groups is 1. The van der Waals surface area contributed by atoms with Crippen LogP contribution < -0.4 is 10.6 Å². The van der Waals surface area contributed by atoms with Crippen LogP contribution in [-0.2, 0) is 21.1 Å². The quantitative estimate of drug-likeness (QED) is 0.852. The maximum atomic E-state index is 11.5. The van der Waals surface area contributed by atoms with Crippen molar-refractivity contribution in [1.29, 1.82) is 0 Å². The highest BCUT2D eigenvalue weighted by atomic mass is 32.2. The van der Waals surface area contributed by atoms with Gasteiger partial charge in [-0.25, -0.2) is 8.42 Å². The minimum Gasteiger partial charge on any atom is -0.323 e. The maximum Gasteiger partial charge on any atom is 0.231 e. The van der Waals surface area contributed by atoms with Crippen molar-refractivity contribution in [2.75, 3.05) is 24.0 Å². The molecule has 5 nitrogen and oxygen atoms in total. The molecule has 6 heteroatoms. The molecule has 1 aliphatic rings. The van der Waals surface area contributed by atoms with Crippen LogP contribution in [0.25, 0.3) is 0 Å². The molecule has 1 aromatic rings. The van der Waals surface area contributed by atoms with Crippen molar-refractivity contribution in [3.05, 3.63) is 29.3 Å². The largest absolute Gasteiger partial charge is 0.323 e. The number of amides is 1. The molecule has 0 fully saturated rings. The molecule has 0 radical (unpaired) electrons. The molecule has 0 aliphatic carbocycles. The number of benzene rings is 1. The third-order valence-electron chi connectivity index (χ3n) is 3.09. The van der Waals surface area contributed by atoms with Gasteiger partial charge in [0, 0.05) is 25.0 Å². The van der Waals surface area contributed by atoms with E-state index in [1.54, 1.807) is 18.0 Å². The molecule has 18 heavy (non-hydrogen) atoms. The monoisotopic (exact) mass is 268 g/mol. The van der Waals surface area contributed by atoms with Gasteiger partial charge < -0.3 is 10.6 Å². The Morgan fingerprint density at radius 3 is 2.72 bits per heavy atom. The molecule has 2 rings (SSSR count). The molecule has 1 aromatic carbocycles. The number of hydrogen-bond donors (Lipinski definition) is 1. The highest BCUT2D eigenvalue weighted by Gasteiger charge is 2.25. The maximum absolute atomic E-state index is 11.5. The predicted octanol–water partition coefficient (Wildman–Crippen LogP) is 0.250. The first-order chi connectivity index (χ1) is 8.28. The molecule has 0 aromatic heterocycles. The SMILES string of the molecule is CN1C(=O)Cc2cc(C(N)CS(C)(=O)=O)ccc21. The number of nitrogens with two attached hydrogens (primary N) is 1. The third-order valence-corrected chi connectivity index (χ3v) is 4.06. The van der Waals surface area contributed by atoms with Crippen LogP contribution >= 0.6 is 0 Å². The summed E-state index contributed by atoms with van der Waals surface area (Å²) in [7, 11) is -1.38. The number of nitrogens with zero attached hydrogens (tertiary/aromatic N) is 1. The van der Waals surface area contributed by atoms with E-state index in [1.165, 1.54) is 0 Å². The molecule has 2 N–H and O–H groups in total. The van der Waals surface area contributed by atoms with E-state index in [0.717, 1.165) is 23.1 Å². The standard InChI is InChI=1S/C12H16N2O3S/c1-14-11-4-3-8(5-9(11)6-12(14)15)10(13)7-18(2,16)17/h3-5,10H,6-7,13H2,1-2H3. The topological polar surface area (TPSA) is 80.5 Å². The molecule has 1 unspecified atom stereocenters. The summed E-state index contributed by atoms with van der Waals surface area (Å²) in [6, 6.07) is 4.87. The Hall–Kier alpha value is -1.40. The molecule has 0 spiro atoms. The van der Waals surface area contributed by atoms with E-state index in [-0.39, 0.29) is 11.7 Å². The van der Waals surface area contributed by atoms with E-state index in [1.807, 2.05) is 12.1 Å². The van der Waals surface area contributed by atoms with Gasteiger partial charge in [-0.3, -0.25) is 4.79 Å². The molecular weight excluding hydrogens is 252 g/mol. The Kier molecular flexibility index (Phi) is 3.16. The fourth-order valence-corrected chi connectivity index (χ4v) is 2.99. The zero-order chi connectivity index (χ0) is 13.5. The fraction of sp³-hybridized carbons (Fsp3) is 0.417. The Labute approximate surface area is 107 Å². The van der Waals surface area contributed by atoms with Crippen molar-refractivity contribution < 1.29 is 13.2 Å². The van der Waals surface area contributed by atoms with Crippen LogP contribution in [0.4, 0.5) is 5.69 Å². The van der Waals surface area contributed by atoms with Gasteiger partial charge in [-0.05, 0) is 17.2 Å². The molecule has 1 heterocycles. The summed E-state index contributed by atoms with van der Waals surface area (Å²) >= 11 is 0. The van der Waals surface area contributed by atoms with Gasteiger partial charge in [0.25, 0.3) is 0 Å². The van der Waals surface area contributed by atoms with Crippen LogP contribution in [0.15, 0.2) is 18.2 Å². The number of rotatable bonds is 3. The molecule has 0 bridgehead atoms.